The van der Waals surface area contributed by atoms with Gasteiger partial charge in [-0.1, -0.05) is 30.9 Å². The molecule has 0 N–H and O–H groups in total. The van der Waals surface area contributed by atoms with Crippen LogP contribution in [0.2, 0.25) is 0 Å². The fourth-order valence-electron chi connectivity index (χ4n) is 0.952. The Morgan fingerprint density at radius 1 is 1.33 bits per heavy atom. The van der Waals surface area contributed by atoms with E-state index < -0.39 is 0 Å². The molecule has 0 amide bonds. The molecule has 1 aliphatic rings. The van der Waals surface area contributed by atoms with Gasteiger partial charge in [-0.25, -0.2) is 0 Å². The van der Waals surface area contributed by atoms with Crippen LogP contribution in [0.15, 0.2) is 36.5 Å². The summed E-state index contributed by atoms with van der Waals surface area (Å²) in [6, 6.07) is 0. The van der Waals surface area contributed by atoms with Crippen LogP contribution in [-0.2, 0) is 0 Å². The van der Waals surface area contributed by atoms with Gasteiger partial charge in [0.05, 0.1) is 0 Å². The molecule has 0 aromatic rings. The maximum atomic E-state index is 3.72. The molecule has 1 aliphatic carbocycles. The molecular formula is C9H12. The number of hydrogen-bond donors (Lipinski definition) is 0. The number of rotatable bonds is 1. The summed E-state index contributed by atoms with van der Waals surface area (Å²) in [4.78, 5) is 0. The first kappa shape index (κ1) is 6.34. The molecular weight excluding hydrogens is 108 g/mol. The molecule has 0 saturated heterocycles. The van der Waals surface area contributed by atoms with Crippen LogP contribution in [0.25, 0.3) is 0 Å². The highest BCUT2D eigenvalue weighted by molar-refractivity contribution is 5.21. The third kappa shape index (κ3) is 1.88. The van der Waals surface area contributed by atoms with Gasteiger partial charge in [-0.15, -0.1) is 0 Å². The van der Waals surface area contributed by atoms with Crippen molar-refractivity contribution in [3.8, 4) is 0 Å². The van der Waals surface area contributed by atoms with Crippen molar-refractivity contribution in [2.45, 2.75) is 19.3 Å². The molecule has 0 nitrogen and oxygen atoms in total. The Morgan fingerprint density at radius 3 is 3.00 bits per heavy atom. The predicted molar refractivity (Wildman–Crippen MR) is 41.3 cm³/mol. The second-order valence-electron chi connectivity index (χ2n) is 2.24. The third-order valence-electron chi connectivity index (χ3n) is 1.52. The fourth-order valence-corrected chi connectivity index (χ4v) is 0.952. The maximum Gasteiger partial charge on any atom is -0.0101 e. The van der Waals surface area contributed by atoms with E-state index in [1.807, 2.05) is 6.08 Å². The highest BCUT2D eigenvalue weighted by Gasteiger charge is 1.90. The molecule has 0 unspecified atom stereocenters. The smallest absolute Gasteiger partial charge is 0.0101 e. The SMILES string of the molecule is C=CC1=CCCC=CC1. The Labute approximate surface area is 56.6 Å². The van der Waals surface area contributed by atoms with Crippen molar-refractivity contribution in [1.82, 2.24) is 0 Å². The molecule has 0 aromatic carbocycles. The lowest BCUT2D eigenvalue weighted by Gasteiger charge is -1.90. The van der Waals surface area contributed by atoms with Crippen LogP contribution in [0.4, 0.5) is 0 Å². The first-order valence-corrected chi connectivity index (χ1v) is 3.40. The Bertz CT molecular complexity index is 149. The molecule has 0 heteroatoms. The normalized spacial score (nSPS) is 18.4. The fraction of sp³-hybridized carbons (Fsp3) is 0.333. The van der Waals surface area contributed by atoms with Gasteiger partial charge in [-0.2, -0.15) is 0 Å². The van der Waals surface area contributed by atoms with E-state index in [0.717, 1.165) is 6.42 Å². The van der Waals surface area contributed by atoms with Crippen molar-refractivity contribution in [1.29, 1.82) is 0 Å². The highest BCUT2D eigenvalue weighted by Crippen LogP contribution is 2.10. The van der Waals surface area contributed by atoms with Crippen LogP contribution in [0.5, 0.6) is 0 Å². The van der Waals surface area contributed by atoms with Crippen LogP contribution in [0.1, 0.15) is 19.3 Å². The van der Waals surface area contributed by atoms with E-state index in [1.165, 1.54) is 18.4 Å². The minimum absolute atomic E-state index is 1.07. The highest BCUT2D eigenvalue weighted by atomic mass is 14.0. The summed E-state index contributed by atoms with van der Waals surface area (Å²) in [7, 11) is 0. The van der Waals surface area contributed by atoms with E-state index in [9.17, 15) is 0 Å². The molecule has 0 aliphatic heterocycles. The van der Waals surface area contributed by atoms with Crippen molar-refractivity contribution in [3.05, 3.63) is 36.5 Å². The minimum atomic E-state index is 1.07. The number of hydrogen-bond acceptors (Lipinski definition) is 0. The molecule has 0 saturated carbocycles. The summed E-state index contributed by atoms with van der Waals surface area (Å²) in [5.41, 5.74) is 1.36. The quantitative estimate of drug-likeness (QED) is 0.467. The van der Waals surface area contributed by atoms with E-state index >= 15 is 0 Å². The lowest BCUT2D eigenvalue weighted by Crippen LogP contribution is -1.70. The van der Waals surface area contributed by atoms with Gasteiger partial charge in [0.25, 0.3) is 0 Å². The molecule has 0 spiro atoms. The summed E-state index contributed by atoms with van der Waals surface area (Å²) in [5.74, 6) is 0. The summed E-state index contributed by atoms with van der Waals surface area (Å²) >= 11 is 0. The van der Waals surface area contributed by atoms with E-state index in [2.05, 4.69) is 24.8 Å². The second-order valence-corrected chi connectivity index (χ2v) is 2.24. The molecule has 0 fully saturated rings. The van der Waals surface area contributed by atoms with E-state index in [0.29, 0.717) is 0 Å². The van der Waals surface area contributed by atoms with Gasteiger partial charge >= 0.3 is 0 Å². The second kappa shape index (κ2) is 3.29. The van der Waals surface area contributed by atoms with Gasteiger partial charge in [0.2, 0.25) is 0 Å². The Balaban J connectivity index is 2.58. The molecule has 0 atom stereocenters. The molecule has 9 heavy (non-hydrogen) atoms. The molecule has 1 rings (SSSR count). The van der Waals surface area contributed by atoms with Crippen molar-refractivity contribution < 1.29 is 0 Å². The zero-order valence-electron chi connectivity index (χ0n) is 5.64. The van der Waals surface area contributed by atoms with Crippen LogP contribution in [-0.4, -0.2) is 0 Å². The van der Waals surface area contributed by atoms with Crippen molar-refractivity contribution in [3.63, 3.8) is 0 Å². The van der Waals surface area contributed by atoms with Crippen LogP contribution >= 0.6 is 0 Å². The van der Waals surface area contributed by atoms with Crippen molar-refractivity contribution in [2.24, 2.45) is 0 Å². The lowest BCUT2D eigenvalue weighted by atomic mass is 10.2. The minimum Gasteiger partial charge on any atom is -0.0988 e. The van der Waals surface area contributed by atoms with Gasteiger partial charge in [0.1, 0.15) is 0 Å². The molecule has 0 bridgehead atoms. The van der Waals surface area contributed by atoms with Crippen molar-refractivity contribution in [2.75, 3.05) is 0 Å². The summed E-state index contributed by atoms with van der Waals surface area (Å²) in [6.45, 7) is 3.72. The Kier molecular flexibility index (Phi) is 2.32. The van der Waals surface area contributed by atoms with Gasteiger partial charge in [0.15, 0.2) is 0 Å². The van der Waals surface area contributed by atoms with E-state index in [-0.39, 0.29) is 0 Å². The molecule has 0 radical (unpaired) electrons. The topological polar surface area (TPSA) is 0 Å². The summed E-state index contributed by atoms with van der Waals surface area (Å²) in [6.07, 6.45) is 12.1. The Hall–Kier alpha value is -0.780. The number of allylic oxidation sites excluding steroid dienone is 5. The van der Waals surface area contributed by atoms with E-state index in [4.69, 9.17) is 0 Å². The maximum absolute atomic E-state index is 3.72. The predicted octanol–water partition coefficient (Wildman–Crippen LogP) is 2.84. The van der Waals surface area contributed by atoms with Gasteiger partial charge in [-0.3, -0.25) is 0 Å². The molecule has 48 valence electrons. The lowest BCUT2D eigenvalue weighted by molar-refractivity contribution is 1.05. The van der Waals surface area contributed by atoms with Gasteiger partial charge < -0.3 is 0 Å². The van der Waals surface area contributed by atoms with Crippen molar-refractivity contribution >= 4 is 0 Å². The monoisotopic (exact) mass is 120 g/mol. The largest absolute Gasteiger partial charge is 0.0988 e. The average molecular weight is 120 g/mol. The third-order valence-corrected chi connectivity index (χ3v) is 1.52. The Morgan fingerprint density at radius 2 is 2.22 bits per heavy atom. The van der Waals surface area contributed by atoms with Crippen LogP contribution in [0.3, 0.4) is 0 Å². The zero-order valence-corrected chi connectivity index (χ0v) is 5.64. The van der Waals surface area contributed by atoms with Gasteiger partial charge in [0, 0.05) is 0 Å². The van der Waals surface area contributed by atoms with E-state index in [1.54, 1.807) is 0 Å². The first-order valence-electron chi connectivity index (χ1n) is 3.40. The zero-order chi connectivity index (χ0) is 6.53. The standard InChI is InChI=1S/C9H12/c1-2-9-7-5-3-4-6-8-9/h2-3,5,8H,1,4,6-7H2. The van der Waals surface area contributed by atoms with Crippen LogP contribution < -0.4 is 0 Å². The van der Waals surface area contributed by atoms with Crippen LogP contribution in [0, 0.1) is 0 Å². The average Bonchev–Trinajstić information content (AvgIpc) is 2.13. The molecule has 0 aromatic heterocycles. The molecule has 0 heterocycles. The van der Waals surface area contributed by atoms with Gasteiger partial charge in [-0.05, 0) is 24.8 Å². The first-order chi connectivity index (χ1) is 4.43. The summed E-state index contributed by atoms with van der Waals surface area (Å²) in [5, 5.41) is 0. The summed E-state index contributed by atoms with van der Waals surface area (Å²) < 4.78 is 0.